The van der Waals surface area contributed by atoms with E-state index in [1.54, 1.807) is 0 Å². The number of anilines is 1. The molecule has 0 bridgehead atoms. The number of hydrogen-bond acceptors (Lipinski definition) is 5. The first-order valence-electron chi connectivity index (χ1n) is 8.34. The van der Waals surface area contributed by atoms with Crippen LogP contribution in [0.25, 0.3) is 10.1 Å². The van der Waals surface area contributed by atoms with Gasteiger partial charge in [0.05, 0.1) is 16.0 Å². The third-order valence-corrected chi connectivity index (χ3v) is 5.38. The van der Waals surface area contributed by atoms with Gasteiger partial charge >= 0.3 is 6.18 Å². The van der Waals surface area contributed by atoms with Crippen molar-refractivity contribution in [2.75, 3.05) is 31.1 Å². The van der Waals surface area contributed by atoms with Crippen molar-refractivity contribution >= 4 is 27.4 Å². The lowest BCUT2D eigenvalue weighted by Crippen LogP contribution is -2.46. The summed E-state index contributed by atoms with van der Waals surface area (Å²) in [6.45, 7) is 3.90. The molecule has 0 aliphatic carbocycles. The molecule has 26 heavy (non-hydrogen) atoms. The molecule has 0 radical (unpaired) electrons. The van der Waals surface area contributed by atoms with Crippen LogP contribution in [0, 0.1) is 0 Å². The van der Waals surface area contributed by atoms with Crippen LogP contribution < -0.4 is 4.90 Å². The Labute approximate surface area is 153 Å². The summed E-state index contributed by atoms with van der Waals surface area (Å²) in [6.07, 6.45) is -3.43. The molecule has 0 atom stereocenters. The molecule has 0 amide bonds. The maximum absolute atomic E-state index is 12.6. The summed E-state index contributed by atoms with van der Waals surface area (Å²) in [4.78, 5) is 8.45. The molecule has 0 spiro atoms. The van der Waals surface area contributed by atoms with Gasteiger partial charge in [-0.2, -0.15) is 17.5 Å². The van der Waals surface area contributed by atoms with Crippen LogP contribution in [0.1, 0.15) is 11.3 Å². The van der Waals surface area contributed by atoms with Crippen LogP contribution in [0.5, 0.6) is 0 Å². The van der Waals surface area contributed by atoms with Gasteiger partial charge in [0.25, 0.3) is 0 Å². The monoisotopic (exact) mass is 378 g/mol. The van der Waals surface area contributed by atoms with E-state index < -0.39 is 11.7 Å². The number of halogens is 3. The van der Waals surface area contributed by atoms with E-state index in [1.165, 1.54) is 27.7 Å². The molecule has 136 valence electrons. The normalized spacial score (nSPS) is 16.3. The van der Waals surface area contributed by atoms with Gasteiger partial charge in [-0.05, 0) is 35.8 Å². The highest BCUT2D eigenvalue weighted by atomic mass is 32.1. The third kappa shape index (κ3) is 3.52. The number of nitrogens with zero attached hydrogens (tertiary/aromatic N) is 4. The third-order valence-electron chi connectivity index (χ3n) is 4.57. The molecule has 1 aromatic carbocycles. The van der Waals surface area contributed by atoms with Crippen molar-refractivity contribution in [1.29, 1.82) is 0 Å². The molecule has 1 aliphatic heterocycles. The maximum Gasteiger partial charge on any atom is 0.417 e. The van der Waals surface area contributed by atoms with Crippen molar-refractivity contribution in [3.63, 3.8) is 0 Å². The Bertz CT molecular complexity index is 883. The Morgan fingerprint density at radius 1 is 1.00 bits per heavy atom. The van der Waals surface area contributed by atoms with E-state index in [4.69, 9.17) is 0 Å². The van der Waals surface area contributed by atoms with Gasteiger partial charge in [-0.15, -0.1) is 0 Å². The first-order chi connectivity index (χ1) is 12.5. The van der Waals surface area contributed by atoms with Gasteiger partial charge in [0, 0.05) is 44.3 Å². The van der Waals surface area contributed by atoms with E-state index >= 15 is 0 Å². The second kappa shape index (κ2) is 6.85. The molecule has 1 saturated heterocycles. The van der Waals surface area contributed by atoms with E-state index in [2.05, 4.69) is 31.3 Å². The minimum absolute atomic E-state index is 0.559. The Morgan fingerprint density at radius 2 is 1.77 bits per heavy atom. The topological polar surface area (TPSA) is 32.3 Å². The highest BCUT2D eigenvalue weighted by Crippen LogP contribution is 2.30. The zero-order valence-electron chi connectivity index (χ0n) is 13.9. The predicted molar refractivity (Wildman–Crippen MR) is 96.3 cm³/mol. The van der Waals surface area contributed by atoms with Gasteiger partial charge in [0.15, 0.2) is 0 Å². The minimum atomic E-state index is -4.34. The molecule has 0 saturated carbocycles. The molecule has 1 fully saturated rings. The van der Waals surface area contributed by atoms with Crippen molar-refractivity contribution in [1.82, 2.24) is 14.3 Å². The predicted octanol–water partition coefficient (Wildman–Crippen LogP) is 4.03. The highest BCUT2D eigenvalue weighted by Gasteiger charge is 2.30. The van der Waals surface area contributed by atoms with Crippen LogP contribution in [0.4, 0.5) is 19.0 Å². The summed E-state index contributed by atoms with van der Waals surface area (Å²) in [7, 11) is 0. The minimum Gasteiger partial charge on any atom is -0.353 e. The summed E-state index contributed by atoms with van der Waals surface area (Å²) in [5.74, 6) is 1.03. The van der Waals surface area contributed by atoms with Crippen LogP contribution in [-0.2, 0) is 12.7 Å². The fraction of sp³-hybridized carbons (Fsp3) is 0.333. The molecule has 4 nitrogen and oxygen atoms in total. The number of aromatic nitrogens is 2. The molecule has 3 aromatic rings. The SMILES string of the molecule is FC(F)(F)c1ccc(CN2CCN(c3nsc4ccccc34)CC2)nc1. The lowest BCUT2D eigenvalue weighted by molar-refractivity contribution is -0.137. The summed E-state index contributed by atoms with van der Waals surface area (Å²) in [6, 6.07) is 10.8. The smallest absolute Gasteiger partial charge is 0.353 e. The van der Waals surface area contributed by atoms with Crippen LogP contribution in [-0.4, -0.2) is 40.4 Å². The molecule has 2 aromatic heterocycles. The first-order valence-corrected chi connectivity index (χ1v) is 9.12. The first kappa shape index (κ1) is 17.2. The van der Waals surface area contributed by atoms with Crippen LogP contribution in [0.3, 0.4) is 0 Å². The second-order valence-electron chi connectivity index (χ2n) is 6.30. The Hall–Kier alpha value is -2.19. The molecule has 0 unspecified atom stereocenters. The second-order valence-corrected chi connectivity index (χ2v) is 7.11. The molecule has 8 heteroatoms. The van der Waals surface area contributed by atoms with Crippen molar-refractivity contribution in [2.45, 2.75) is 12.7 Å². The largest absolute Gasteiger partial charge is 0.417 e. The Balaban J connectivity index is 1.38. The quantitative estimate of drug-likeness (QED) is 0.689. The van der Waals surface area contributed by atoms with Crippen LogP contribution in [0.2, 0.25) is 0 Å². The fourth-order valence-corrected chi connectivity index (χ4v) is 3.93. The van der Waals surface area contributed by atoms with Gasteiger partial charge in [0.1, 0.15) is 5.82 Å². The molecule has 0 N–H and O–H groups in total. The van der Waals surface area contributed by atoms with E-state index in [1.807, 2.05) is 12.1 Å². The van der Waals surface area contributed by atoms with Crippen molar-refractivity contribution < 1.29 is 13.2 Å². The standard InChI is InChI=1S/C18H17F3N4S/c19-18(20,21)13-5-6-14(22-11-13)12-24-7-9-25(10-8-24)17-15-3-1-2-4-16(15)26-23-17/h1-6,11H,7-10,12H2. The lowest BCUT2D eigenvalue weighted by atomic mass is 10.2. The number of alkyl halides is 3. The fourth-order valence-electron chi connectivity index (χ4n) is 3.13. The Kier molecular flexibility index (Phi) is 4.54. The molecule has 3 heterocycles. The van der Waals surface area contributed by atoms with Crippen molar-refractivity contribution in [3.8, 4) is 0 Å². The zero-order valence-corrected chi connectivity index (χ0v) is 14.7. The number of fused-ring (bicyclic) bond motifs is 1. The van der Waals surface area contributed by atoms with Gasteiger partial charge < -0.3 is 4.90 Å². The van der Waals surface area contributed by atoms with E-state index in [0.717, 1.165) is 44.3 Å². The average Bonchev–Trinajstić information content (AvgIpc) is 3.06. The number of hydrogen-bond donors (Lipinski definition) is 0. The number of pyridine rings is 1. The van der Waals surface area contributed by atoms with Crippen molar-refractivity contribution in [3.05, 3.63) is 53.9 Å². The van der Waals surface area contributed by atoms with Crippen molar-refractivity contribution in [2.24, 2.45) is 0 Å². The van der Waals surface area contributed by atoms with E-state index in [0.29, 0.717) is 12.2 Å². The summed E-state index contributed by atoms with van der Waals surface area (Å²) in [5, 5.41) is 1.18. The van der Waals surface area contributed by atoms with Crippen LogP contribution >= 0.6 is 11.5 Å². The maximum atomic E-state index is 12.6. The average molecular weight is 378 g/mol. The number of rotatable bonds is 3. The van der Waals surface area contributed by atoms with Crippen LogP contribution in [0.15, 0.2) is 42.6 Å². The van der Waals surface area contributed by atoms with Gasteiger partial charge in [-0.3, -0.25) is 9.88 Å². The molecule has 1 aliphatic rings. The van der Waals surface area contributed by atoms with Gasteiger partial charge in [0.2, 0.25) is 0 Å². The molecular formula is C18H17F3N4S. The summed E-state index contributed by atoms with van der Waals surface area (Å²) >= 11 is 1.51. The van der Waals surface area contributed by atoms with Gasteiger partial charge in [-0.25, -0.2) is 0 Å². The lowest BCUT2D eigenvalue weighted by Gasteiger charge is -2.34. The number of benzene rings is 1. The highest BCUT2D eigenvalue weighted by molar-refractivity contribution is 7.13. The van der Waals surface area contributed by atoms with Gasteiger partial charge in [-0.1, -0.05) is 12.1 Å². The number of piperazine rings is 1. The molecule has 4 rings (SSSR count). The summed E-state index contributed by atoms with van der Waals surface area (Å²) < 4.78 is 43.6. The van der Waals surface area contributed by atoms with E-state index in [-0.39, 0.29) is 0 Å². The van der Waals surface area contributed by atoms with E-state index in [9.17, 15) is 13.2 Å². The Morgan fingerprint density at radius 3 is 2.46 bits per heavy atom. The zero-order chi connectivity index (χ0) is 18.1. The summed E-state index contributed by atoms with van der Waals surface area (Å²) in [5.41, 5.74) is -0.0490. The molecular weight excluding hydrogens is 361 g/mol.